The molecule has 4 nitrogen and oxygen atoms in total. The van der Waals surface area contributed by atoms with E-state index in [0.29, 0.717) is 16.8 Å². The topological polar surface area (TPSA) is 60.2 Å². The maximum atomic E-state index is 13.2. The van der Waals surface area contributed by atoms with Crippen LogP contribution in [-0.4, -0.2) is 19.8 Å². The van der Waals surface area contributed by atoms with E-state index in [4.69, 9.17) is 4.52 Å². The Balaban J connectivity index is 2.13. The van der Waals surface area contributed by atoms with E-state index in [2.05, 4.69) is 5.16 Å². The fourth-order valence-electron chi connectivity index (χ4n) is 2.37. The van der Waals surface area contributed by atoms with Crippen LogP contribution in [0, 0.1) is 0 Å². The fourth-order valence-corrected chi connectivity index (χ4v) is 3.01. The average molecular weight is 330 g/mol. The van der Waals surface area contributed by atoms with E-state index in [1.807, 2.05) is 30.3 Å². The van der Waals surface area contributed by atoms with Gasteiger partial charge in [-0.1, -0.05) is 47.6 Å². The summed E-state index contributed by atoms with van der Waals surface area (Å²) in [4.78, 5) is 0.219. The Labute approximate surface area is 133 Å². The largest absolute Gasteiger partial charge is 0.357 e. The van der Waals surface area contributed by atoms with Gasteiger partial charge in [0, 0.05) is 11.8 Å². The molecule has 0 N–H and O–H groups in total. The number of rotatable bonds is 4. The van der Waals surface area contributed by atoms with Crippen LogP contribution < -0.4 is 0 Å². The first kappa shape index (κ1) is 15.4. The highest BCUT2D eigenvalue weighted by molar-refractivity contribution is 7.90. The summed E-state index contributed by atoms with van der Waals surface area (Å²) in [5.74, 6) is 0.151. The van der Waals surface area contributed by atoms with Crippen LogP contribution in [0.15, 0.2) is 64.0 Å². The van der Waals surface area contributed by atoms with Gasteiger partial charge in [0.2, 0.25) is 0 Å². The van der Waals surface area contributed by atoms with Gasteiger partial charge >= 0.3 is 0 Å². The molecule has 6 heteroatoms. The first-order valence-electron chi connectivity index (χ1n) is 6.91. The second-order valence-corrected chi connectivity index (χ2v) is 7.14. The van der Waals surface area contributed by atoms with Crippen LogP contribution in [0.4, 0.5) is 4.39 Å². The Morgan fingerprint density at radius 1 is 1.00 bits per heavy atom. The highest BCUT2D eigenvalue weighted by atomic mass is 32.2. The number of benzene rings is 2. The molecule has 0 aliphatic heterocycles. The zero-order valence-corrected chi connectivity index (χ0v) is 13.2. The van der Waals surface area contributed by atoms with E-state index in [-0.39, 0.29) is 10.7 Å². The maximum absolute atomic E-state index is 13.2. The standard InChI is InChI=1S/C17H14FNO3S/c1-23(20,21)14-9-7-13(8-10-14)17-16(15(11-18)22-19-17)12-5-3-2-4-6-12/h2-10H,11H2,1H3/i18-1. The van der Waals surface area contributed by atoms with Crippen molar-refractivity contribution in [3.8, 4) is 22.4 Å². The van der Waals surface area contributed by atoms with E-state index in [1.165, 1.54) is 12.1 Å². The minimum atomic E-state index is -3.27. The van der Waals surface area contributed by atoms with Gasteiger partial charge in [0.05, 0.1) is 10.5 Å². The van der Waals surface area contributed by atoms with E-state index in [9.17, 15) is 12.8 Å². The molecule has 0 amide bonds. The molecule has 0 radical (unpaired) electrons. The molecule has 3 rings (SSSR count). The van der Waals surface area contributed by atoms with Gasteiger partial charge in [-0.25, -0.2) is 12.8 Å². The summed E-state index contributed by atoms with van der Waals surface area (Å²) >= 11 is 0. The summed E-state index contributed by atoms with van der Waals surface area (Å²) in [5, 5.41) is 3.96. The molecule has 0 fully saturated rings. The quantitative estimate of drug-likeness (QED) is 0.728. The fraction of sp³-hybridized carbons (Fsp3) is 0.118. The third-order valence-corrected chi connectivity index (χ3v) is 4.63. The van der Waals surface area contributed by atoms with Gasteiger partial charge in [-0.05, 0) is 17.7 Å². The van der Waals surface area contributed by atoms with E-state index in [0.717, 1.165) is 11.8 Å². The molecular weight excluding hydrogens is 316 g/mol. The molecule has 2 aromatic carbocycles. The second kappa shape index (κ2) is 5.96. The van der Waals surface area contributed by atoms with Gasteiger partial charge in [0.25, 0.3) is 0 Å². The Kier molecular flexibility index (Phi) is 4.00. The first-order valence-corrected chi connectivity index (χ1v) is 8.80. The monoisotopic (exact) mass is 330 g/mol. The predicted molar refractivity (Wildman–Crippen MR) is 85.3 cm³/mol. The van der Waals surface area contributed by atoms with Crippen LogP contribution in [0.5, 0.6) is 0 Å². The Hall–Kier alpha value is -2.47. The highest BCUT2D eigenvalue weighted by Crippen LogP contribution is 2.35. The minimum absolute atomic E-state index is 0.151. The third kappa shape index (κ3) is 3.03. The van der Waals surface area contributed by atoms with Gasteiger partial charge in [0.1, 0.15) is 5.69 Å². The molecule has 3 aromatic rings. The molecular formula is C17H14FNO3S. The smallest absolute Gasteiger partial charge is 0.176 e. The maximum Gasteiger partial charge on any atom is 0.176 e. The van der Waals surface area contributed by atoms with Crippen LogP contribution >= 0.6 is 0 Å². The molecule has 1 aromatic heterocycles. The number of aromatic nitrogens is 1. The van der Waals surface area contributed by atoms with Gasteiger partial charge in [0.15, 0.2) is 22.3 Å². The molecule has 23 heavy (non-hydrogen) atoms. The zero-order chi connectivity index (χ0) is 16.4. The van der Waals surface area contributed by atoms with E-state index >= 15 is 0 Å². The van der Waals surface area contributed by atoms with Crippen molar-refractivity contribution in [3.05, 3.63) is 60.4 Å². The van der Waals surface area contributed by atoms with Gasteiger partial charge < -0.3 is 4.52 Å². The minimum Gasteiger partial charge on any atom is -0.357 e. The Morgan fingerprint density at radius 3 is 2.22 bits per heavy atom. The van der Waals surface area contributed by atoms with Crippen molar-refractivity contribution < 1.29 is 17.3 Å². The zero-order valence-electron chi connectivity index (χ0n) is 12.4. The Morgan fingerprint density at radius 2 is 1.65 bits per heavy atom. The van der Waals surface area contributed by atoms with E-state index < -0.39 is 16.5 Å². The number of halogens is 1. The van der Waals surface area contributed by atoms with Crippen molar-refractivity contribution in [1.29, 1.82) is 0 Å². The van der Waals surface area contributed by atoms with Crippen molar-refractivity contribution in [2.75, 3.05) is 6.26 Å². The first-order chi connectivity index (χ1) is 11.0. The molecule has 0 atom stereocenters. The summed E-state index contributed by atoms with van der Waals surface area (Å²) in [6.07, 6.45) is 1.15. The third-order valence-electron chi connectivity index (χ3n) is 3.50. The molecule has 0 saturated heterocycles. The molecule has 0 spiro atoms. The summed E-state index contributed by atoms with van der Waals surface area (Å²) < 4.78 is 41.4. The van der Waals surface area contributed by atoms with Crippen LogP contribution in [0.3, 0.4) is 0 Å². The molecule has 1 heterocycles. The SMILES string of the molecule is CS(=O)(=O)c1ccc(-c2noc(C[18F])c2-c2ccccc2)cc1. The van der Waals surface area contributed by atoms with Crippen molar-refractivity contribution in [2.45, 2.75) is 11.6 Å². The van der Waals surface area contributed by atoms with Crippen molar-refractivity contribution in [1.82, 2.24) is 5.16 Å². The van der Waals surface area contributed by atoms with Gasteiger partial charge in [-0.15, -0.1) is 0 Å². The molecule has 0 unspecified atom stereocenters. The highest BCUT2D eigenvalue weighted by Gasteiger charge is 2.19. The summed E-state index contributed by atoms with van der Waals surface area (Å²) in [5.41, 5.74) is 2.53. The lowest BCUT2D eigenvalue weighted by atomic mass is 9.99. The number of hydrogen-bond acceptors (Lipinski definition) is 4. The number of sulfone groups is 1. The number of hydrogen-bond donors (Lipinski definition) is 0. The lowest BCUT2D eigenvalue weighted by Gasteiger charge is -2.04. The Bertz CT molecular complexity index is 916. The number of nitrogens with zero attached hydrogens (tertiary/aromatic N) is 1. The molecule has 118 valence electrons. The van der Waals surface area contributed by atoms with Gasteiger partial charge in [-0.2, -0.15) is 0 Å². The average Bonchev–Trinajstić information content (AvgIpc) is 2.99. The van der Waals surface area contributed by atoms with Crippen molar-refractivity contribution >= 4 is 9.84 Å². The van der Waals surface area contributed by atoms with Crippen molar-refractivity contribution in [2.24, 2.45) is 0 Å². The van der Waals surface area contributed by atoms with E-state index in [1.54, 1.807) is 12.1 Å². The van der Waals surface area contributed by atoms with Crippen LogP contribution in [0.25, 0.3) is 22.4 Å². The van der Waals surface area contributed by atoms with Crippen molar-refractivity contribution in [3.63, 3.8) is 0 Å². The van der Waals surface area contributed by atoms with Crippen LogP contribution in [-0.2, 0) is 16.5 Å². The van der Waals surface area contributed by atoms with Crippen LogP contribution in [0.2, 0.25) is 0 Å². The van der Waals surface area contributed by atoms with Gasteiger partial charge in [-0.3, -0.25) is 0 Å². The molecule has 0 saturated carbocycles. The lowest BCUT2D eigenvalue weighted by Crippen LogP contribution is -1.96. The summed E-state index contributed by atoms with van der Waals surface area (Å²) in [6, 6.07) is 15.5. The summed E-state index contributed by atoms with van der Waals surface area (Å²) in [7, 11) is -3.27. The molecule has 0 aliphatic carbocycles. The van der Waals surface area contributed by atoms with Crippen LogP contribution in [0.1, 0.15) is 5.76 Å². The predicted octanol–water partition coefficient (Wildman–Crippen LogP) is 3.88. The number of alkyl halides is 1. The molecule has 0 aliphatic rings. The molecule has 0 bridgehead atoms. The second-order valence-electron chi connectivity index (χ2n) is 5.13. The lowest BCUT2D eigenvalue weighted by molar-refractivity contribution is 0.332. The summed E-state index contributed by atoms with van der Waals surface area (Å²) in [6.45, 7) is -0.765. The normalized spacial score (nSPS) is 11.6.